The van der Waals surface area contributed by atoms with E-state index in [4.69, 9.17) is 9.15 Å². The summed E-state index contributed by atoms with van der Waals surface area (Å²) in [7, 11) is 1.63. The van der Waals surface area contributed by atoms with Crippen LogP contribution in [0.2, 0.25) is 0 Å². The maximum Gasteiger partial charge on any atom is 0.185 e. The van der Waals surface area contributed by atoms with Crippen LogP contribution in [0.4, 0.5) is 0 Å². The van der Waals surface area contributed by atoms with Crippen LogP contribution in [0.1, 0.15) is 10.6 Å². The van der Waals surface area contributed by atoms with Gasteiger partial charge in [-0.2, -0.15) is 0 Å². The Hall–Kier alpha value is -1.30. The second kappa shape index (κ2) is 4.69. The Morgan fingerprint density at radius 3 is 2.69 bits per heavy atom. The molecule has 0 radical (unpaired) electrons. The van der Waals surface area contributed by atoms with E-state index in [0.717, 1.165) is 14.9 Å². The lowest BCUT2D eigenvalue weighted by atomic mass is 10.2. The van der Waals surface area contributed by atoms with Crippen LogP contribution in [0.3, 0.4) is 0 Å². The van der Waals surface area contributed by atoms with Crippen molar-refractivity contribution < 1.29 is 13.9 Å². The summed E-state index contributed by atoms with van der Waals surface area (Å²) >= 11 is 2.19. The van der Waals surface area contributed by atoms with Crippen molar-refractivity contribution in [3.05, 3.63) is 39.7 Å². The molecule has 0 aliphatic heterocycles. The molecule has 0 N–H and O–H groups in total. The topological polar surface area (TPSA) is 39.4 Å². The van der Waals surface area contributed by atoms with Crippen LogP contribution < -0.4 is 4.74 Å². The molecule has 16 heavy (non-hydrogen) atoms. The second-order valence-corrected chi connectivity index (χ2v) is 4.33. The third kappa shape index (κ3) is 2.11. The maximum atomic E-state index is 10.5. The Morgan fingerprint density at radius 2 is 2.12 bits per heavy atom. The quantitative estimate of drug-likeness (QED) is 0.641. The van der Waals surface area contributed by atoms with E-state index in [9.17, 15) is 4.79 Å². The van der Waals surface area contributed by atoms with Crippen LogP contribution in [-0.2, 0) is 0 Å². The molecule has 0 unspecified atom stereocenters. The first-order valence-corrected chi connectivity index (χ1v) is 5.71. The number of methoxy groups -OCH3 is 1. The van der Waals surface area contributed by atoms with Gasteiger partial charge in [0.1, 0.15) is 11.5 Å². The molecule has 82 valence electrons. The number of hydrogen-bond acceptors (Lipinski definition) is 3. The standard InChI is InChI=1S/C12H9IO3/c1-15-12-4-2-8(6-10(12)13)11-5-3-9(7-14)16-11/h2-7H,1H3. The molecular weight excluding hydrogens is 319 g/mol. The zero-order chi connectivity index (χ0) is 11.5. The molecule has 0 amide bonds. The van der Waals surface area contributed by atoms with Crippen LogP contribution in [-0.4, -0.2) is 13.4 Å². The molecule has 0 aliphatic rings. The molecule has 1 aromatic heterocycles. The monoisotopic (exact) mass is 328 g/mol. The van der Waals surface area contributed by atoms with E-state index in [1.54, 1.807) is 19.2 Å². The van der Waals surface area contributed by atoms with Gasteiger partial charge in [0.15, 0.2) is 12.0 Å². The van der Waals surface area contributed by atoms with Gasteiger partial charge in [0.25, 0.3) is 0 Å². The number of benzene rings is 1. The summed E-state index contributed by atoms with van der Waals surface area (Å²) in [5.41, 5.74) is 0.929. The summed E-state index contributed by atoms with van der Waals surface area (Å²) in [5.74, 6) is 1.84. The highest BCUT2D eigenvalue weighted by Gasteiger charge is 2.07. The number of carbonyl (C=O) groups excluding carboxylic acids is 1. The summed E-state index contributed by atoms with van der Waals surface area (Å²) in [4.78, 5) is 10.5. The van der Waals surface area contributed by atoms with Gasteiger partial charge < -0.3 is 9.15 Å². The Labute approximate surface area is 107 Å². The lowest BCUT2D eigenvalue weighted by Crippen LogP contribution is -1.86. The lowest BCUT2D eigenvalue weighted by molar-refractivity contribution is 0.110. The first-order chi connectivity index (χ1) is 7.74. The fourth-order valence-electron chi connectivity index (χ4n) is 1.39. The average molecular weight is 328 g/mol. The summed E-state index contributed by atoms with van der Waals surface area (Å²) in [6, 6.07) is 9.16. The van der Waals surface area contributed by atoms with E-state index in [1.165, 1.54) is 0 Å². The van der Waals surface area contributed by atoms with Crippen molar-refractivity contribution in [1.29, 1.82) is 0 Å². The Kier molecular flexibility index (Phi) is 3.28. The van der Waals surface area contributed by atoms with E-state index in [0.29, 0.717) is 17.8 Å². The van der Waals surface area contributed by atoms with E-state index >= 15 is 0 Å². The molecule has 1 heterocycles. The zero-order valence-corrected chi connectivity index (χ0v) is 10.7. The predicted octanol–water partition coefficient (Wildman–Crippen LogP) is 3.37. The fourth-order valence-corrected chi connectivity index (χ4v) is 2.13. The number of hydrogen-bond donors (Lipinski definition) is 0. The smallest absolute Gasteiger partial charge is 0.185 e. The van der Waals surface area contributed by atoms with Gasteiger partial charge in [0, 0.05) is 5.56 Å². The van der Waals surface area contributed by atoms with Gasteiger partial charge >= 0.3 is 0 Å². The third-order valence-corrected chi connectivity index (χ3v) is 3.02. The average Bonchev–Trinajstić information content (AvgIpc) is 2.77. The first-order valence-electron chi connectivity index (χ1n) is 4.63. The van der Waals surface area contributed by atoms with Crippen molar-refractivity contribution in [3.63, 3.8) is 0 Å². The minimum atomic E-state index is 0.334. The molecule has 0 aliphatic carbocycles. The van der Waals surface area contributed by atoms with E-state index in [-0.39, 0.29) is 0 Å². The highest BCUT2D eigenvalue weighted by Crippen LogP contribution is 2.28. The number of ether oxygens (including phenoxy) is 1. The fraction of sp³-hybridized carbons (Fsp3) is 0.0833. The summed E-state index contributed by atoms with van der Waals surface area (Å²) < 4.78 is 11.5. The van der Waals surface area contributed by atoms with Crippen molar-refractivity contribution in [3.8, 4) is 17.1 Å². The van der Waals surface area contributed by atoms with E-state index < -0.39 is 0 Å². The van der Waals surface area contributed by atoms with Crippen LogP contribution in [0.5, 0.6) is 5.75 Å². The maximum absolute atomic E-state index is 10.5. The van der Waals surface area contributed by atoms with Crippen molar-refractivity contribution in [2.45, 2.75) is 0 Å². The number of rotatable bonds is 3. The van der Waals surface area contributed by atoms with E-state index in [1.807, 2.05) is 18.2 Å². The molecule has 0 spiro atoms. The molecular formula is C12H9IO3. The molecule has 0 bridgehead atoms. The largest absolute Gasteiger partial charge is 0.496 e. The molecule has 1 aromatic carbocycles. The van der Waals surface area contributed by atoms with E-state index in [2.05, 4.69) is 22.6 Å². The molecule has 0 fully saturated rings. The Morgan fingerprint density at radius 1 is 1.31 bits per heavy atom. The van der Waals surface area contributed by atoms with Gasteiger partial charge in [0.05, 0.1) is 10.7 Å². The van der Waals surface area contributed by atoms with Gasteiger partial charge in [-0.05, 0) is 52.9 Å². The van der Waals surface area contributed by atoms with Crippen LogP contribution in [0.15, 0.2) is 34.7 Å². The number of carbonyl (C=O) groups is 1. The molecule has 0 saturated carbocycles. The van der Waals surface area contributed by atoms with Crippen molar-refractivity contribution in [2.24, 2.45) is 0 Å². The number of furan rings is 1. The zero-order valence-electron chi connectivity index (χ0n) is 8.57. The summed E-state index contributed by atoms with van der Waals surface area (Å²) in [5, 5.41) is 0. The molecule has 2 rings (SSSR count). The van der Waals surface area contributed by atoms with Gasteiger partial charge in [-0.1, -0.05) is 0 Å². The number of aldehydes is 1. The van der Waals surface area contributed by atoms with Gasteiger partial charge in [-0.25, -0.2) is 0 Å². The molecule has 3 nitrogen and oxygen atoms in total. The van der Waals surface area contributed by atoms with Crippen LogP contribution in [0.25, 0.3) is 11.3 Å². The minimum Gasteiger partial charge on any atom is -0.496 e. The minimum absolute atomic E-state index is 0.334. The molecule has 4 heteroatoms. The second-order valence-electron chi connectivity index (χ2n) is 3.17. The highest BCUT2D eigenvalue weighted by atomic mass is 127. The SMILES string of the molecule is COc1ccc(-c2ccc(C=O)o2)cc1I. The summed E-state index contributed by atoms with van der Waals surface area (Å²) in [6.07, 6.45) is 0.692. The normalized spacial score (nSPS) is 10.1. The lowest BCUT2D eigenvalue weighted by Gasteiger charge is -2.04. The van der Waals surface area contributed by atoms with Crippen LogP contribution >= 0.6 is 22.6 Å². The molecule has 0 atom stereocenters. The highest BCUT2D eigenvalue weighted by molar-refractivity contribution is 14.1. The third-order valence-electron chi connectivity index (χ3n) is 2.18. The molecule has 0 saturated heterocycles. The molecule has 2 aromatic rings. The van der Waals surface area contributed by atoms with Crippen molar-refractivity contribution >= 4 is 28.9 Å². The van der Waals surface area contributed by atoms with Crippen molar-refractivity contribution in [1.82, 2.24) is 0 Å². The number of halogens is 1. The first kappa shape index (κ1) is 11.2. The van der Waals surface area contributed by atoms with Gasteiger partial charge in [-0.15, -0.1) is 0 Å². The van der Waals surface area contributed by atoms with Crippen molar-refractivity contribution in [2.75, 3.05) is 7.11 Å². The van der Waals surface area contributed by atoms with Crippen LogP contribution in [0, 0.1) is 3.57 Å². The predicted molar refractivity (Wildman–Crippen MR) is 68.8 cm³/mol. The summed E-state index contributed by atoms with van der Waals surface area (Å²) in [6.45, 7) is 0. The Bertz CT molecular complexity index is 517. The van der Waals surface area contributed by atoms with Gasteiger partial charge in [-0.3, -0.25) is 4.79 Å². The van der Waals surface area contributed by atoms with Gasteiger partial charge in [0.2, 0.25) is 0 Å². The Balaban J connectivity index is 2.40.